The van der Waals surface area contributed by atoms with Crippen LogP contribution in [0.4, 0.5) is 0 Å². The highest BCUT2D eigenvalue weighted by atomic mass is 16.1. The monoisotopic (exact) mass is 403 g/mol. The molecule has 1 aromatic heterocycles. The summed E-state index contributed by atoms with van der Waals surface area (Å²) in [4.78, 5) is 17.7. The van der Waals surface area contributed by atoms with E-state index < -0.39 is 0 Å². The van der Waals surface area contributed by atoms with Gasteiger partial charge in [0.2, 0.25) is 0 Å². The fourth-order valence-electron chi connectivity index (χ4n) is 3.85. The smallest absolute Gasteiger partial charge is 0.255 e. The van der Waals surface area contributed by atoms with Crippen LogP contribution in [0.25, 0.3) is 11.3 Å². The highest BCUT2D eigenvalue weighted by molar-refractivity contribution is 5.99. The number of aromatic amines is 1. The number of hydrogen-bond donors (Lipinski definition) is 2. The number of nitrogens with zero attached hydrogens (tertiary/aromatic N) is 3. The molecule has 0 bridgehead atoms. The number of likely N-dealkylation sites (N-methyl/N-ethyl adjacent to an activating group) is 1. The predicted molar refractivity (Wildman–Crippen MR) is 119 cm³/mol. The Bertz CT molecular complexity index is 943. The third kappa shape index (κ3) is 4.96. The summed E-state index contributed by atoms with van der Waals surface area (Å²) in [5.74, 6) is -0.125. The molecule has 1 aliphatic heterocycles. The normalized spacial score (nSPS) is 15.2. The standard InChI is InChI=1S/C24H29N5O/c1-2-28-12-14-29(15-13-28)18-20-10-8-19(9-11-20)16-25-24(30)22-17-26-27-23(22)21-6-4-3-5-7-21/h3-11,17H,2,12-16,18H2,1H3,(H,25,30)(H,26,27). The van der Waals surface area contributed by atoms with E-state index in [1.54, 1.807) is 6.20 Å². The molecule has 2 N–H and O–H groups in total. The molecule has 1 aliphatic rings. The first-order chi connectivity index (χ1) is 14.7. The zero-order valence-corrected chi connectivity index (χ0v) is 17.5. The fourth-order valence-corrected chi connectivity index (χ4v) is 3.85. The maximum absolute atomic E-state index is 12.7. The molecule has 0 aliphatic carbocycles. The molecule has 3 aromatic rings. The summed E-state index contributed by atoms with van der Waals surface area (Å²) < 4.78 is 0. The first-order valence-corrected chi connectivity index (χ1v) is 10.6. The van der Waals surface area contributed by atoms with E-state index in [2.05, 4.69) is 56.5 Å². The minimum absolute atomic E-state index is 0.125. The van der Waals surface area contributed by atoms with Crippen LogP contribution in [0.5, 0.6) is 0 Å². The topological polar surface area (TPSA) is 64.3 Å². The lowest BCUT2D eigenvalue weighted by Crippen LogP contribution is -2.45. The van der Waals surface area contributed by atoms with Crippen molar-refractivity contribution in [3.05, 3.63) is 77.5 Å². The van der Waals surface area contributed by atoms with Crippen molar-refractivity contribution in [2.75, 3.05) is 32.7 Å². The summed E-state index contributed by atoms with van der Waals surface area (Å²) in [6, 6.07) is 18.3. The zero-order chi connectivity index (χ0) is 20.8. The van der Waals surface area contributed by atoms with Crippen LogP contribution in [-0.4, -0.2) is 58.6 Å². The first kappa shape index (κ1) is 20.3. The molecule has 2 aromatic carbocycles. The van der Waals surface area contributed by atoms with Crippen LogP contribution >= 0.6 is 0 Å². The van der Waals surface area contributed by atoms with E-state index in [-0.39, 0.29) is 5.91 Å². The second-order valence-corrected chi connectivity index (χ2v) is 7.73. The minimum atomic E-state index is -0.125. The Kier molecular flexibility index (Phi) is 6.57. The number of H-pyrrole nitrogens is 1. The molecule has 0 unspecified atom stereocenters. The van der Waals surface area contributed by atoms with Crippen molar-refractivity contribution in [1.29, 1.82) is 0 Å². The molecule has 0 spiro atoms. The molecular formula is C24H29N5O. The Morgan fingerprint density at radius 1 is 0.967 bits per heavy atom. The molecular weight excluding hydrogens is 374 g/mol. The number of nitrogens with one attached hydrogen (secondary N) is 2. The van der Waals surface area contributed by atoms with Crippen LogP contribution in [0.1, 0.15) is 28.4 Å². The maximum Gasteiger partial charge on any atom is 0.255 e. The minimum Gasteiger partial charge on any atom is -0.348 e. The average Bonchev–Trinajstić information content (AvgIpc) is 3.30. The molecule has 6 heteroatoms. The molecule has 1 amide bonds. The number of amides is 1. The van der Waals surface area contributed by atoms with Gasteiger partial charge in [-0.15, -0.1) is 0 Å². The molecule has 1 saturated heterocycles. The number of benzene rings is 2. The van der Waals surface area contributed by atoms with E-state index in [0.717, 1.165) is 56.1 Å². The Morgan fingerprint density at radius 2 is 1.63 bits per heavy atom. The molecule has 0 radical (unpaired) electrons. The highest BCUT2D eigenvalue weighted by Crippen LogP contribution is 2.20. The van der Waals surface area contributed by atoms with Crippen molar-refractivity contribution in [2.24, 2.45) is 0 Å². The van der Waals surface area contributed by atoms with Gasteiger partial charge in [-0.05, 0) is 17.7 Å². The summed E-state index contributed by atoms with van der Waals surface area (Å²) in [5, 5.41) is 10.0. The first-order valence-electron chi connectivity index (χ1n) is 10.6. The van der Waals surface area contributed by atoms with Crippen LogP contribution < -0.4 is 5.32 Å². The van der Waals surface area contributed by atoms with Crippen LogP contribution in [0, 0.1) is 0 Å². The number of rotatable bonds is 7. The van der Waals surface area contributed by atoms with Crippen LogP contribution in [0.3, 0.4) is 0 Å². The number of carbonyl (C=O) groups excluding carboxylic acids is 1. The molecule has 2 heterocycles. The van der Waals surface area contributed by atoms with Crippen LogP contribution in [0.2, 0.25) is 0 Å². The molecule has 1 fully saturated rings. The molecule has 6 nitrogen and oxygen atoms in total. The lowest BCUT2D eigenvalue weighted by Gasteiger charge is -2.34. The number of aromatic nitrogens is 2. The Balaban J connectivity index is 1.31. The summed E-state index contributed by atoms with van der Waals surface area (Å²) in [7, 11) is 0. The largest absolute Gasteiger partial charge is 0.348 e. The van der Waals surface area contributed by atoms with E-state index in [1.165, 1.54) is 5.56 Å². The van der Waals surface area contributed by atoms with Crippen molar-refractivity contribution in [1.82, 2.24) is 25.3 Å². The summed E-state index contributed by atoms with van der Waals surface area (Å²) in [6.45, 7) is 9.40. The molecule has 0 saturated carbocycles. The third-order valence-electron chi connectivity index (χ3n) is 5.74. The van der Waals surface area contributed by atoms with E-state index in [4.69, 9.17) is 0 Å². The van der Waals surface area contributed by atoms with Crippen molar-refractivity contribution in [3.63, 3.8) is 0 Å². The SMILES string of the molecule is CCN1CCN(Cc2ccc(CNC(=O)c3cn[nH]c3-c3ccccc3)cc2)CC1. The molecule has 0 atom stereocenters. The van der Waals surface area contributed by atoms with Gasteiger partial charge in [-0.2, -0.15) is 5.10 Å². The van der Waals surface area contributed by atoms with E-state index in [9.17, 15) is 4.79 Å². The van der Waals surface area contributed by atoms with E-state index >= 15 is 0 Å². The second-order valence-electron chi connectivity index (χ2n) is 7.73. The van der Waals surface area contributed by atoms with Crippen LogP contribution in [-0.2, 0) is 13.1 Å². The van der Waals surface area contributed by atoms with Gasteiger partial charge >= 0.3 is 0 Å². The average molecular weight is 404 g/mol. The highest BCUT2D eigenvalue weighted by Gasteiger charge is 2.16. The van der Waals surface area contributed by atoms with Gasteiger partial charge in [0, 0.05) is 44.8 Å². The van der Waals surface area contributed by atoms with Gasteiger partial charge in [0.05, 0.1) is 17.5 Å². The fraction of sp³-hybridized carbons (Fsp3) is 0.333. The summed E-state index contributed by atoms with van der Waals surface area (Å²) in [6.07, 6.45) is 1.58. The number of piperazine rings is 1. The van der Waals surface area contributed by atoms with Gasteiger partial charge in [-0.3, -0.25) is 14.8 Å². The predicted octanol–water partition coefficient (Wildman–Crippen LogP) is 3.14. The van der Waals surface area contributed by atoms with Crippen molar-refractivity contribution in [3.8, 4) is 11.3 Å². The van der Waals surface area contributed by atoms with Gasteiger partial charge < -0.3 is 10.2 Å². The molecule has 30 heavy (non-hydrogen) atoms. The van der Waals surface area contributed by atoms with Crippen LogP contribution in [0.15, 0.2) is 60.8 Å². The zero-order valence-electron chi connectivity index (χ0n) is 17.5. The Labute approximate surface area is 177 Å². The van der Waals surface area contributed by atoms with Gasteiger partial charge in [0.15, 0.2) is 0 Å². The van der Waals surface area contributed by atoms with Gasteiger partial charge in [0.1, 0.15) is 0 Å². The lowest BCUT2D eigenvalue weighted by atomic mass is 10.1. The lowest BCUT2D eigenvalue weighted by molar-refractivity contribution is 0.0951. The third-order valence-corrected chi connectivity index (χ3v) is 5.74. The van der Waals surface area contributed by atoms with Crippen molar-refractivity contribution in [2.45, 2.75) is 20.0 Å². The Morgan fingerprint density at radius 3 is 2.33 bits per heavy atom. The van der Waals surface area contributed by atoms with Gasteiger partial charge in [-0.25, -0.2) is 0 Å². The maximum atomic E-state index is 12.7. The molecule has 156 valence electrons. The van der Waals surface area contributed by atoms with Gasteiger partial charge in [0.25, 0.3) is 5.91 Å². The van der Waals surface area contributed by atoms with Crippen molar-refractivity contribution >= 4 is 5.91 Å². The Hall–Kier alpha value is -2.96. The van der Waals surface area contributed by atoms with Crippen molar-refractivity contribution < 1.29 is 4.79 Å². The summed E-state index contributed by atoms with van der Waals surface area (Å²) >= 11 is 0. The number of carbonyl (C=O) groups is 1. The number of hydrogen-bond acceptors (Lipinski definition) is 4. The quantitative estimate of drug-likeness (QED) is 0.636. The van der Waals surface area contributed by atoms with E-state index in [1.807, 2.05) is 30.3 Å². The van der Waals surface area contributed by atoms with Gasteiger partial charge in [-0.1, -0.05) is 61.5 Å². The second kappa shape index (κ2) is 9.69. The summed E-state index contributed by atoms with van der Waals surface area (Å²) in [5.41, 5.74) is 4.66. The molecule has 4 rings (SSSR count). The van der Waals surface area contributed by atoms with E-state index in [0.29, 0.717) is 12.1 Å².